The van der Waals surface area contributed by atoms with Crippen molar-refractivity contribution in [1.82, 2.24) is 0 Å². The molecule has 5 nitrogen and oxygen atoms in total. The fourth-order valence-corrected chi connectivity index (χ4v) is 4.23. The Labute approximate surface area is 191 Å². The Bertz CT molecular complexity index is 1560. The highest BCUT2D eigenvalue weighted by Gasteiger charge is 2.27. The van der Waals surface area contributed by atoms with E-state index in [2.05, 4.69) is 15.9 Å². The average molecular weight is 489 g/mol. The second-order valence-electron chi connectivity index (χ2n) is 7.41. The SMILES string of the molecule is COc1ccccc1C(=O)c1oc2ccc3c(C)cc(=O)oc3c2c1-c1ccc(Br)cc1. The van der Waals surface area contributed by atoms with Gasteiger partial charge < -0.3 is 13.6 Å². The number of aryl methyl sites for hydroxylation is 1. The first kappa shape index (κ1) is 20.3. The summed E-state index contributed by atoms with van der Waals surface area (Å²) in [6.45, 7) is 1.85. The third-order valence-electron chi connectivity index (χ3n) is 5.46. The molecule has 0 spiro atoms. The van der Waals surface area contributed by atoms with E-state index in [1.807, 2.05) is 37.3 Å². The number of benzene rings is 3. The molecule has 0 aliphatic heterocycles. The van der Waals surface area contributed by atoms with Crippen LogP contribution in [0.1, 0.15) is 21.7 Å². The molecular weight excluding hydrogens is 472 g/mol. The van der Waals surface area contributed by atoms with E-state index in [9.17, 15) is 9.59 Å². The molecular formula is C26H17BrO5. The van der Waals surface area contributed by atoms with Gasteiger partial charge in [-0.2, -0.15) is 0 Å². The molecule has 158 valence electrons. The highest BCUT2D eigenvalue weighted by molar-refractivity contribution is 9.10. The summed E-state index contributed by atoms with van der Waals surface area (Å²) in [6.07, 6.45) is 0. The van der Waals surface area contributed by atoms with Gasteiger partial charge in [-0.3, -0.25) is 4.79 Å². The lowest BCUT2D eigenvalue weighted by Crippen LogP contribution is -2.04. The van der Waals surface area contributed by atoms with Crippen LogP contribution in [0.4, 0.5) is 0 Å². The van der Waals surface area contributed by atoms with Crippen LogP contribution in [0.25, 0.3) is 33.1 Å². The number of para-hydroxylation sites is 1. The van der Waals surface area contributed by atoms with E-state index in [0.717, 1.165) is 21.0 Å². The van der Waals surface area contributed by atoms with Gasteiger partial charge in [0.15, 0.2) is 5.76 Å². The fraction of sp³-hybridized carbons (Fsp3) is 0.0769. The zero-order valence-corrected chi connectivity index (χ0v) is 18.9. The lowest BCUT2D eigenvalue weighted by molar-refractivity contribution is 0.101. The molecule has 0 atom stereocenters. The van der Waals surface area contributed by atoms with Gasteiger partial charge in [-0.05, 0) is 54.4 Å². The molecule has 0 fully saturated rings. The van der Waals surface area contributed by atoms with Crippen molar-refractivity contribution < 1.29 is 18.4 Å². The van der Waals surface area contributed by atoms with Crippen LogP contribution in [-0.2, 0) is 0 Å². The standard InChI is InChI=1S/C26H17BrO5/c1-14-13-21(28)32-25-17(14)11-12-20-23(25)22(15-7-9-16(27)10-8-15)26(31-20)24(29)18-5-3-4-6-19(18)30-2/h3-13H,1-2H3. The maximum atomic E-state index is 13.7. The number of fused-ring (bicyclic) bond motifs is 3. The van der Waals surface area contributed by atoms with E-state index < -0.39 is 5.63 Å². The molecule has 0 bridgehead atoms. The molecule has 5 rings (SSSR count). The van der Waals surface area contributed by atoms with E-state index in [1.54, 1.807) is 30.3 Å². The second kappa shape index (κ2) is 7.80. The largest absolute Gasteiger partial charge is 0.496 e. The molecule has 5 aromatic rings. The Kier molecular flexibility index (Phi) is 4.94. The molecule has 0 aliphatic carbocycles. The lowest BCUT2D eigenvalue weighted by atomic mass is 9.96. The molecule has 6 heteroatoms. The quantitative estimate of drug-likeness (QED) is 0.213. The molecule has 32 heavy (non-hydrogen) atoms. The normalized spacial score (nSPS) is 11.2. The smallest absolute Gasteiger partial charge is 0.336 e. The molecule has 2 aromatic heterocycles. The zero-order chi connectivity index (χ0) is 22.4. The number of ether oxygens (including phenoxy) is 1. The summed E-state index contributed by atoms with van der Waals surface area (Å²) in [5, 5.41) is 1.37. The zero-order valence-electron chi connectivity index (χ0n) is 17.3. The molecule has 0 N–H and O–H groups in total. The summed E-state index contributed by atoms with van der Waals surface area (Å²) in [5.74, 6) is 0.287. The predicted molar refractivity (Wildman–Crippen MR) is 127 cm³/mol. The molecule has 0 unspecified atom stereocenters. The summed E-state index contributed by atoms with van der Waals surface area (Å²) in [7, 11) is 1.52. The molecule has 3 aromatic carbocycles. The van der Waals surface area contributed by atoms with Gasteiger partial charge in [-0.15, -0.1) is 0 Å². The van der Waals surface area contributed by atoms with Gasteiger partial charge in [0.25, 0.3) is 0 Å². The maximum Gasteiger partial charge on any atom is 0.336 e. The van der Waals surface area contributed by atoms with Gasteiger partial charge in [-0.25, -0.2) is 4.79 Å². The van der Waals surface area contributed by atoms with Crippen LogP contribution in [0.15, 0.2) is 84.8 Å². The molecule has 0 saturated heterocycles. The van der Waals surface area contributed by atoms with Gasteiger partial charge in [0.05, 0.1) is 18.1 Å². The van der Waals surface area contributed by atoms with Crippen LogP contribution in [0, 0.1) is 6.92 Å². The van der Waals surface area contributed by atoms with E-state index in [0.29, 0.717) is 33.4 Å². The first-order valence-electron chi connectivity index (χ1n) is 9.91. The number of hydrogen-bond donors (Lipinski definition) is 0. The van der Waals surface area contributed by atoms with Crippen molar-refractivity contribution in [1.29, 1.82) is 0 Å². The van der Waals surface area contributed by atoms with Crippen molar-refractivity contribution in [2.45, 2.75) is 6.92 Å². The Balaban J connectivity index is 1.90. The van der Waals surface area contributed by atoms with Crippen LogP contribution < -0.4 is 10.4 Å². The van der Waals surface area contributed by atoms with Crippen molar-refractivity contribution in [2.75, 3.05) is 7.11 Å². The minimum absolute atomic E-state index is 0.156. The van der Waals surface area contributed by atoms with E-state index in [1.165, 1.54) is 13.2 Å². The lowest BCUT2D eigenvalue weighted by Gasteiger charge is -2.08. The van der Waals surface area contributed by atoms with Crippen molar-refractivity contribution >= 4 is 43.7 Å². The van der Waals surface area contributed by atoms with Gasteiger partial charge in [0, 0.05) is 21.5 Å². The van der Waals surface area contributed by atoms with E-state index in [4.69, 9.17) is 13.6 Å². The number of furan rings is 1. The first-order chi connectivity index (χ1) is 15.5. The van der Waals surface area contributed by atoms with Crippen LogP contribution >= 0.6 is 15.9 Å². The highest BCUT2D eigenvalue weighted by atomic mass is 79.9. The Morgan fingerprint density at radius 2 is 1.72 bits per heavy atom. The molecule has 0 amide bonds. The van der Waals surface area contributed by atoms with Gasteiger partial charge in [0.2, 0.25) is 5.78 Å². The number of ketones is 1. The van der Waals surface area contributed by atoms with Gasteiger partial charge in [0.1, 0.15) is 16.9 Å². The van der Waals surface area contributed by atoms with E-state index in [-0.39, 0.29) is 11.5 Å². The van der Waals surface area contributed by atoms with Crippen LogP contribution in [0.5, 0.6) is 5.75 Å². The Hall–Kier alpha value is -3.64. The first-order valence-corrected chi connectivity index (χ1v) is 10.7. The number of halogens is 1. The fourth-order valence-electron chi connectivity index (χ4n) is 3.97. The monoisotopic (exact) mass is 488 g/mol. The summed E-state index contributed by atoms with van der Waals surface area (Å²) in [4.78, 5) is 25.9. The summed E-state index contributed by atoms with van der Waals surface area (Å²) in [5.41, 5.74) is 2.91. The van der Waals surface area contributed by atoms with Crippen LogP contribution in [0.2, 0.25) is 0 Å². The summed E-state index contributed by atoms with van der Waals surface area (Å²) in [6, 6.07) is 19.6. The van der Waals surface area contributed by atoms with Gasteiger partial charge >= 0.3 is 5.63 Å². The number of rotatable bonds is 4. The predicted octanol–water partition coefficient (Wildman–Crippen LogP) is 6.52. The van der Waals surface area contributed by atoms with Crippen LogP contribution in [0.3, 0.4) is 0 Å². The number of carbonyl (C=O) groups is 1. The molecule has 2 heterocycles. The second-order valence-corrected chi connectivity index (χ2v) is 8.32. The van der Waals surface area contributed by atoms with E-state index >= 15 is 0 Å². The maximum absolute atomic E-state index is 13.7. The minimum atomic E-state index is -0.455. The number of carbonyl (C=O) groups excluding carboxylic acids is 1. The number of hydrogen-bond acceptors (Lipinski definition) is 5. The van der Waals surface area contributed by atoms with Crippen LogP contribution in [-0.4, -0.2) is 12.9 Å². The molecule has 0 radical (unpaired) electrons. The highest BCUT2D eigenvalue weighted by Crippen LogP contribution is 2.41. The summed E-state index contributed by atoms with van der Waals surface area (Å²) >= 11 is 3.45. The Morgan fingerprint density at radius 1 is 0.969 bits per heavy atom. The third-order valence-corrected chi connectivity index (χ3v) is 5.99. The molecule has 0 aliphatic rings. The topological polar surface area (TPSA) is 69.7 Å². The summed E-state index contributed by atoms with van der Waals surface area (Å²) < 4.78 is 18.0. The Morgan fingerprint density at radius 3 is 2.47 bits per heavy atom. The number of methoxy groups -OCH3 is 1. The third kappa shape index (κ3) is 3.24. The van der Waals surface area contributed by atoms with Crippen molar-refractivity contribution in [2.24, 2.45) is 0 Å². The molecule has 0 saturated carbocycles. The van der Waals surface area contributed by atoms with Crippen molar-refractivity contribution in [3.8, 4) is 16.9 Å². The average Bonchev–Trinajstić information content (AvgIpc) is 3.19. The van der Waals surface area contributed by atoms with Crippen molar-refractivity contribution in [3.63, 3.8) is 0 Å². The minimum Gasteiger partial charge on any atom is -0.496 e. The van der Waals surface area contributed by atoms with Gasteiger partial charge in [-0.1, -0.05) is 40.2 Å². The van der Waals surface area contributed by atoms with Crippen molar-refractivity contribution in [3.05, 3.63) is 98.5 Å².